The van der Waals surface area contributed by atoms with Crippen LogP contribution in [0.5, 0.6) is 0 Å². The number of carbonyl (C=O) groups excluding carboxylic acids is 4. The van der Waals surface area contributed by atoms with Crippen LogP contribution in [-0.2, 0) is 9.53 Å². The quantitative estimate of drug-likeness (QED) is 0.553. The van der Waals surface area contributed by atoms with Gasteiger partial charge in [-0.05, 0) is 26.3 Å². The molecule has 3 amide bonds. The number of hydrogen-bond acceptors (Lipinski definition) is 5. The van der Waals surface area contributed by atoms with Gasteiger partial charge < -0.3 is 10.1 Å². The van der Waals surface area contributed by atoms with Gasteiger partial charge >= 0.3 is 12.0 Å². The van der Waals surface area contributed by atoms with Crippen molar-refractivity contribution < 1.29 is 23.9 Å². The monoisotopic (exact) mass is 396 g/mol. The summed E-state index contributed by atoms with van der Waals surface area (Å²) in [6, 6.07) is 12.5. The third kappa shape index (κ3) is 6.27. The summed E-state index contributed by atoms with van der Waals surface area (Å²) in [6.45, 7) is 4.96. The number of rotatable bonds is 7. The number of esters is 1. The van der Waals surface area contributed by atoms with Crippen LogP contribution in [0.1, 0.15) is 52.1 Å². The second-order valence-electron chi connectivity index (χ2n) is 6.65. The van der Waals surface area contributed by atoms with Gasteiger partial charge in [0.25, 0.3) is 5.91 Å². The molecule has 0 aliphatic carbocycles. The highest BCUT2D eigenvalue weighted by molar-refractivity contribution is 6.14. The molecule has 7 heteroatoms. The van der Waals surface area contributed by atoms with E-state index in [1.807, 2.05) is 26.0 Å². The van der Waals surface area contributed by atoms with E-state index in [1.165, 1.54) is 12.1 Å². The van der Waals surface area contributed by atoms with Crippen molar-refractivity contribution in [3.8, 4) is 0 Å². The van der Waals surface area contributed by atoms with Crippen LogP contribution < -0.4 is 10.6 Å². The third-order valence-corrected chi connectivity index (χ3v) is 4.28. The van der Waals surface area contributed by atoms with Crippen molar-refractivity contribution in [1.82, 2.24) is 10.6 Å². The Balaban J connectivity index is 2.03. The van der Waals surface area contributed by atoms with Crippen molar-refractivity contribution in [2.24, 2.45) is 0 Å². The molecular weight excluding hydrogens is 372 g/mol. The summed E-state index contributed by atoms with van der Waals surface area (Å²) < 4.78 is 4.98. The molecule has 1 atom stereocenters. The number of ether oxygens (including phenoxy) is 1. The highest BCUT2D eigenvalue weighted by Crippen LogP contribution is 2.16. The topological polar surface area (TPSA) is 102 Å². The molecule has 0 saturated heterocycles. The first kappa shape index (κ1) is 21.8. The molecule has 2 rings (SSSR count). The van der Waals surface area contributed by atoms with E-state index in [-0.39, 0.29) is 23.0 Å². The molecule has 0 aromatic heterocycles. The van der Waals surface area contributed by atoms with Crippen molar-refractivity contribution in [3.63, 3.8) is 0 Å². The summed E-state index contributed by atoms with van der Waals surface area (Å²) in [5.41, 5.74) is 1.68. The van der Waals surface area contributed by atoms with E-state index in [2.05, 4.69) is 10.6 Å². The van der Waals surface area contributed by atoms with Crippen molar-refractivity contribution in [3.05, 3.63) is 70.8 Å². The van der Waals surface area contributed by atoms with Crippen LogP contribution in [0, 0.1) is 6.92 Å². The molecule has 0 aliphatic heterocycles. The number of carbonyl (C=O) groups is 4. The van der Waals surface area contributed by atoms with Crippen molar-refractivity contribution in [1.29, 1.82) is 0 Å². The van der Waals surface area contributed by atoms with Crippen molar-refractivity contribution in [2.45, 2.75) is 33.2 Å². The van der Waals surface area contributed by atoms with Gasteiger partial charge in [-0.15, -0.1) is 0 Å². The van der Waals surface area contributed by atoms with Crippen molar-refractivity contribution >= 4 is 23.7 Å². The van der Waals surface area contributed by atoms with E-state index in [1.54, 1.807) is 31.2 Å². The Bertz CT molecular complexity index is 906. The molecule has 2 aromatic rings. The Morgan fingerprint density at radius 3 is 2.21 bits per heavy atom. The molecule has 29 heavy (non-hydrogen) atoms. The number of imide groups is 1. The van der Waals surface area contributed by atoms with Crippen LogP contribution in [-0.4, -0.2) is 36.3 Å². The molecule has 7 nitrogen and oxygen atoms in total. The first-order valence-electron chi connectivity index (χ1n) is 9.29. The van der Waals surface area contributed by atoms with E-state index >= 15 is 0 Å². The van der Waals surface area contributed by atoms with Gasteiger partial charge in [0.1, 0.15) is 0 Å². The molecule has 0 heterocycles. The fourth-order valence-electron chi connectivity index (χ4n) is 2.45. The Morgan fingerprint density at radius 2 is 1.59 bits per heavy atom. The van der Waals surface area contributed by atoms with E-state index in [0.29, 0.717) is 12.0 Å². The average Bonchev–Trinajstić information content (AvgIpc) is 2.71. The van der Waals surface area contributed by atoms with E-state index < -0.39 is 24.5 Å². The van der Waals surface area contributed by atoms with Gasteiger partial charge in [0.15, 0.2) is 12.4 Å². The smallest absolute Gasteiger partial charge is 0.339 e. The normalized spacial score (nSPS) is 11.3. The molecule has 0 unspecified atom stereocenters. The molecule has 2 aromatic carbocycles. The van der Waals surface area contributed by atoms with Gasteiger partial charge in [0, 0.05) is 17.2 Å². The fourth-order valence-corrected chi connectivity index (χ4v) is 2.45. The number of urea groups is 1. The minimum atomic E-state index is -0.821. The highest BCUT2D eigenvalue weighted by Gasteiger charge is 2.20. The minimum absolute atomic E-state index is 0.0509. The van der Waals surface area contributed by atoms with E-state index in [4.69, 9.17) is 4.74 Å². The zero-order valence-corrected chi connectivity index (χ0v) is 16.7. The molecule has 0 fully saturated rings. The summed E-state index contributed by atoms with van der Waals surface area (Å²) in [5.74, 6) is -1.91. The number of amides is 3. The molecule has 0 bridgehead atoms. The van der Waals surface area contributed by atoms with Gasteiger partial charge in [-0.25, -0.2) is 9.59 Å². The van der Waals surface area contributed by atoms with E-state index in [0.717, 1.165) is 5.56 Å². The average molecular weight is 396 g/mol. The second kappa shape index (κ2) is 10.2. The lowest BCUT2D eigenvalue weighted by Gasteiger charge is -2.12. The van der Waals surface area contributed by atoms with Gasteiger partial charge in [-0.3, -0.25) is 14.9 Å². The molecule has 0 saturated carbocycles. The molecule has 0 spiro atoms. The third-order valence-electron chi connectivity index (χ3n) is 4.28. The second-order valence-corrected chi connectivity index (χ2v) is 6.65. The summed E-state index contributed by atoms with van der Waals surface area (Å²) in [4.78, 5) is 48.6. The highest BCUT2D eigenvalue weighted by atomic mass is 16.5. The van der Waals surface area contributed by atoms with Gasteiger partial charge in [-0.2, -0.15) is 0 Å². The minimum Gasteiger partial charge on any atom is -0.452 e. The van der Waals surface area contributed by atoms with Crippen LogP contribution in [0.4, 0.5) is 4.79 Å². The standard InChI is InChI=1S/C22H24N2O5/c1-4-15(3)23-22(28)24-19(25)13-29-21(27)18-8-6-5-7-17(18)20(26)16-11-9-14(2)10-12-16/h5-12,15H,4,13H2,1-3H3,(H2,23,24,25,28)/t15-/m0/s1. The molecule has 0 aliphatic rings. The molecule has 152 valence electrons. The number of benzene rings is 2. The number of aryl methyl sites for hydroxylation is 1. The van der Waals surface area contributed by atoms with Crippen LogP contribution in [0.15, 0.2) is 48.5 Å². The Kier molecular flexibility index (Phi) is 7.65. The van der Waals surface area contributed by atoms with Gasteiger partial charge in [0.05, 0.1) is 5.56 Å². The van der Waals surface area contributed by atoms with Crippen LogP contribution >= 0.6 is 0 Å². The molecule has 0 radical (unpaired) electrons. The van der Waals surface area contributed by atoms with Crippen molar-refractivity contribution in [2.75, 3.05) is 6.61 Å². The zero-order valence-electron chi connectivity index (χ0n) is 16.7. The maximum absolute atomic E-state index is 12.8. The maximum atomic E-state index is 12.8. The van der Waals surface area contributed by atoms with Gasteiger partial charge in [0.2, 0.25) is 0 Å². The Hall–Kier alpha value is -3.48. The Labute approximate surface area is 169 Å². The first-order valence-corrected chi connectivity index (χ1v) is 9.29. The summed E-state index contributed by atoms with van der Waals surface area (Å²) in [6.07, 6.45) is 0.711. The SMILES string of the molecule is CC[C@H](C)NC(=O)NC(=O)COC(=O)c1ccccc1C(=O)c1ccc(C)cc1. The number of nitrogens with one attached hydrogen (secondary N) is 2. The van der Waals surface area contributed by atoms with E-state index in [9.17, 15) is 19.2 Å². The van der Waals surface area contributed by atoms with Crippen LogP contribution in [0.3, 0.4) is 0 Å². The van der Waals surface area contributed by atoms with Crippen LogP contribution in [0.2, 0.25) is 0 Å². The predicted octanol–water partition coefficient (Wildman–Crippen LogP) is 3.01. The zero-order chi connectivity index (χ0) is 21.4. The molecular formula is C22H24N2O5. The lowest BCUT2D eigenvalue weighted by atomic mass is 9.98. The lowest BCUT2D eigenvalue weighted by molar-refractivity contribution is -0.123. The predicted molar refractivity (Wildman–Crippen MR) is 108 cm³/mol. The first-order chi connectivity index (χ1) is 13.8. The summed E-state index contributed by atoms with van der Waals surface area (Å²) in [7, 11) is 0. The van der Waals surface area contributed by atoms with Gasteiger partial charge in [-0.1, -0.05) is 55.0 Å². The summed E-state index contributed by atoms with van der Waals surface area (Å²) >= 11 is 0. The number of ketones is 1. The lowest BCUT2D eigenvalue weighted by Crippen LogP contribution is -2.44. The fraction of sp³-hybridized carbons (Fsp3) is 0.273. The number of hydrogen-bond donors (Lipinski definition) is 2. The molecule has 2 N–H and O–H groups in total. The van der Waals surface area contributed by atoms with Crippen LogP contribution in [0.25, 0.3) is 0 Å². The summed E-state index contributed by atoms with van der Waals surface area (Å²) in [5, 5.41) is 4.66. The Morgan fingerprint density at radius 1 is 0.966 bits per heavy atom. The largest absolute Gasteiger partial charge is 0.452 e. The maximum Gasteiger partial charge on any atom is 0.339 e.